The number of hydrogen-bond acceptors (Lipinski definition) is 0. The summed E-state index contributed by atoms with van der Waals surface area (Å²) in [6.07, 6.45) is 10.1. The fraction of sp³-hybridized carbons (Fsp3) is 0.167. The highest BCUT2D eigenvalue weighted by Gasteiger charge is 2.59. The lowest BCUT2D eigenvalue weighted by atomic mass is 9.57. The zero-order valence-electron chi connectivity index (χ0n) is 13.2. The summed E-state index contributed by atoms with van der Waals surface area (Å²) in [5.74, 6) is 2.84. The van der Waals surface area contributed by atoms with E-state index in [2.05, 4.69) is 72.8 Å². The van der Waals surface area contributed by atoms with Gasteiger partial charge < -0.3 is 0 Å². The number of benzene rings is 2. The summed E-state index contributed by atoms with van der Waals surface area (Å²) >= 11 is 0. The van der Waals surface area contributed by atoms with Gasteiger partial charge in [-0.05, 0) is 68.2 Å². The van der Waals surface area contributed by atoms with E-state index in [4.69, 9.17) is 0 Å². The Bertz CT molecular complexity index is 985. The first-order valence-electron chi connectivity index (χ1n) is 8.96. The van der Waals surface area contributed by atoms with Crippen molar-refractivity contribution < 1.29 is 0 Å². The first-order chi connectivity index (χ1) is 11.9. The Morgan fingerprint density at radius 2 is 1.00 bits per heavy atom. The maximum atomic E-state index is 2.58. The zero-order valence-corrected chi connectivity index (χ0v) is 13.2. The van der Waals surface area contributed by atoms with Crippen molar-refractivity contribution in [2.75, 3.05) is 0 Å². The Labute approximate surface area is 141 Å². The summed E-state index contributed by atoms with van der Waals surface area (Å²) in [6.45, 7) is 0. The predicted molar refractivity (Wildman–Crippen MR) is 98.8 cm³/mol. The molecule has 4 atom stereocenters. The van der Waals surface area contributed by atoms with Crippen molar-refractivity contribution in [3.8, 4) is 0 Å². The highest BCUT2D eigenvalue weighted by atomic mass is 14.6. The van der Waals surface area contributed by atoms with Crippen LogP contribution in [0.25, 0.3) is 23.3 Å². The summed E-state index contributed by atoms with van der Waals surface area (Å²) in [6, 6.07) is 17.8. The van der Waals surface area contributed by atoms with Crippen LogP contribution in [0.15, 0.2) is 71.8 Å². The SMILES string of the molecule is C1=C2C(=Cc3ccccc32)C2C1C1C=C3C(=Cc4ccccc43)C12. The minimum Gasteiger partial charge on any atom is -0.0720 e. The van der Waals surface area contributed by atoms with Gasteiger partial charge in [-0.1, -0.05) is 72.8 Å². The van der Waals surface area contributed by atoms with Gasteiger partial charge in [0.1, 0.15) is 0 Å². The number of allylic oxidation sites excluding steroid dienone is 6. The normalized spacial score (nSPS) is 32.3. The number of rotatable bonds is 0. The number of fused-ring (bicyclic) bond motifs is 12. The molecule has 1 fully saturated rings. The molecule has 0 bridgehead atoms. The third-order valence-electron chi connectivity index (χ3n) is 6.84. The Morgan fingerprint density at radius 1 is 0.542 bits per heavy atom. The molecule has 2 aromatic rings. The lowest BCUT2D eigenvalue weighted by Crippen LogP contribution is -2.41. The average molecular weight is 304 g/mol. The average Bonchev–Trinajstić information content (AvgIpc) is 3.28. The van der Waals surface area contributed by atoms with Crippen molar-refractivity contribution in [3.05, 3.63) is 94.1 Å². The molecular weight excluding hydrogens is 288 g/mol. The summed E-state index contributed by atoms with van der Waals surface area (Å²) in [5, 5.41) is 0. The van der Waals surface area contributed by atoms with Crippen molar-refractivity contribution in [1.29, 1.82) is 0 Å². The van der Waals surface area contributed by atoms with E-state index in [1.165, 1.54) is 33.4 Å². The van der Waals surface area contributed by atoms with Gasteiger partial charge in [0.25, 0.3) is 0 Å². The minimum atomic E-state index is 0.701. The van der Waals surface area contributed by atoms with Crippen LogP contribution in [0.1, 0.15) is 22.3 Å². The molecule has 2 aromatic carbocycles. The summed E-state index contributed by atoms with van der Waals surface area (Å²) in [5.41, 5.74) is 12.0. The molecule has 7 rings (SSSR count). The Kier molecular flexibility index (Phi) is 1.84. The van der Waals surface area contributed by atoms with E-state index in [0.717, 1.165) is 11.8 Å². The fourth-order valence-electron chi connectivity index (χ4n) is 5.89. The molecule has 0 nitrogen and oxygen atoms in total. The zero-order chi connectivity index (χ0) is 15.4. The van der Waals surface area contributed by atoms with Crippen LogP contribution in [-0.4, -0.2) is 0 Å². The molecule has 0 amide bonds. The quantitative estimate of drug-likeness (QED) is 0.607. The second-order valence-corrected chi connectivity index (χ2v) is 7.74. The molecular formula is C24H16. The van der Waals surface area contributed by atoms with Crippen LogP contribution in [-0.2, 0) is 0 Å². The minimum absolute atomic E-state index is 0.701. The van der Waals surface area contributed by atoms with Gasteiger partial charge in [0.2, 0.25) is 0 Å². The van der Waals surface area contributed by atoms with Crippen molar-refractivity contribution in [2.45, 2.75) is 0 Å². The highest BCUT2D eigenvalue weighted by molar-refractivity contribution is 6.01. The van der Waals surface area contributed by atoms with Gasteiger partial charge >= 0.3 is 0 Å². The van der Waals surface area contributed by atoms with E-state index in [1.807, 2.05) is 0 Å². The molecule has 0 heteroatoms. The number of hydrogen-bond donors (Lipinski definition) is 0. The third kappa shape index (κ3) is 1.16. The molecule has 5 aliphatic carbocycles. The summed E-state index contributed by atoms with van der Waals surface area (Å²) < 4.78 is 0. The Balaban J connectivity index is 1.37. The predicted octanol–water partition coefficient (Wildman–Crippen LogP) is 5.45. The maximum absolute atomic E-state index is 2.58. The van der Waals surface area contributed by atoms with E-state index < -0.39 is 0 Å². The largest absolute Gasteiger partial charge is 0.0720 e. The van der Waals surface area contributed by atoms with E-state index >= 15 is 0 Å². The van der Waals surface area contributed by atoms with Crippen molar-refractivity contribution in [2.24, 2.45) is 23.7 Å². The van der Waals surface area contributed by atoms with Gasteiger partial charge in [-0.2, -0.15) is 0 Å². The first-order valence-corrected chi connectivity index (χ1v) is 8.96. The lowest BCUT2D eigenvalue weighted by molar-refractivity contribution is 0.131. The van der Waals surface area contributed by atoms with Gasteiger partial charge in [0, 0.05) is 0 Å². The van der Waals surface area contributed by atoms with Crippen LogP contribution in [0.2, 0.25) is 0 Å². The molecule has 0 radical (unpaired) electrons. The molecule has 24 heavy (non-hydrogen) atoms. The molecule has 0 N–H and O–H groups in total. The van der Waals surface area contributed by atoms with Gasteiger partial charge in [-0.3, -0.25) is 0 Å². The van der Waals surface area contributed by atoms with E-state index in [0.29, 0.717) is 11.8 Å². The molecule has 112 valence electrons. The van der Waals surface area contributed by atoms with Crippen LogP contribution >= 0.6 is 0 Å². The monoisotopic (exact) mass is 304 g/mol. The molecule has 0 aliphatic heterocycles. The van der Waals surface area contributed by atoms with Crippen LogP contribution in [0.4, 0.5) is 0 Å². The molecule has 0 spiro atoms. The standard InChI is InChI=1S/C24H16/c1-3-7-15-13(5-1)9-19-17(15)11-21-22-12-18-16-8-4-2-6-14(16)10-20(18)24(22)23(19)21/h1-12,21-24H. The van der Waals surface area contributed by atoms with E-state index in [-0.39, 0.29) is 0 Å². The third-order valence-corrected chi connectivity index (χ3v) is 6.84. The Morgan fingerprint density at radius 3 is 1.50 bits per heavy atom. The summed E-state index contributed by atoms with van der Waals surface area (Å²) in [4.78, 5) is 0. The topological polar surface area (TPSA) is 0 Å². The molecule has 0 aromatic heterocycles. The fourth-order valence-corrected chi connectivity index (χ4v) is 5.89. The second kappa shape index (κ2) is 3.72. The van der Waals surface area contributed by atoms with Gasteiger partial charge in [-0.25, -0.2) is 0 Å². The van der Waals surface area contributed by atoms with Crippen LogP contribution in [0.3, 0.4) is 0 Å². The van der Waals surface area contributed by atoms with Crippen LogP contribution in [0, 0.1) is 23.7 Å². The summed E-state index contributed by atoms with van der Waals surface area (Å²) in [7, 11) is 0. The van der Waals surface area contributed by atoms with E-state index in [9.17, 15) is 0 Å². The molecule has 1 saturated carbocycles. The molecule has 0 heterocycles. The molecule has 4 unspecified atom stereocenters. The molecule has 0 saturated heterocycles. The Hall–Kier alpha value is -2.60. The van der Waals surface area contributed by atoms with Crippen LogP contribution < -0.4 is 0 Å². The van der Waals surface area contributed by atoms with Crippen molar-refractivity contribution in [1.82, 2.24) is 0 Å². The van der Waals surface area contributed by atoms with Gasteiger partial charge in [-0.15, -0.1) is 0 Å². The lowest BCUT2D eigenvalue weighted by Gasteiger charge is -2.45. The maximum Gasteiger partial charge on any atom is -0.00116 e. The highest BCUT2D eigenvalue weighted by Crippen LogP contribution is 2.68. The smallest absolute Gasteiger partial charge is 0.00116 e. The van der Waals surface area contributed by atoms with E-state index in [1.54, 1.807) is 11.1 Å². The van der Waals surface area contributed by atoms with Gasteiger partial charge in [0.05, 0.1) is 0 Å². The van der Waals surface area contributed by atoms with Gasteiger partial charge in [0.15, 0.2) is 0 Å². The second-order valence-electron chi connectivity index (χ2n) is 7.74. The van der Waals surface area contributed by atoms with Crippen LogP contribution in [0.5, 0.6) is 0 Å². The van der Waals surface area contributed by atoms with Crippen molar-refractivity contribution >= 4 is 23.3 Å². The first kappa shape index (κ1) is 11.9. The van der Waals surface area contributed by atoms with Crippen molar-refractivity contribution in [3.63, 3.8) is 0 Å². The molecule has 5 aliphatic rings.